The normalized spacial score (nSPS) is 11.7. The first-order valence-electron chi connectivity index (χ1n) is 5.43. The van der Waals surface area contributed by atoms with E-state index in [1.807, 2.05) is 18.2 Å². The van der Waals surface area contributed by atoms with Gasteiger partial charge in [-0.05, 0) is 30.7 Å². The standard InChI is InChI=1S/C12H13O4P.2Na/c13-17(14)9-10(12-4-2-8-16-12)5-6-11-3-1-7-15-11;;/h1-4,7-8,10H,5-6,9H2;;/q-2;2*+1. The number of rotatable bonds is 6. The summed E-state index contributed by atoms with van der Waals surface area (Å²) in [6, 6.07) is 7.29. The van der Waals surface area contributed by atoms with Crippen LogP contribution in [0.25, 0.3) is 0 Å². The molecule has 0 aromatic carbocycles. The summed E-state index contributed by atoms with van der Waals surface area (Å²) in [7, 11) is -2.40. The molecule has 0 aliphatic rings. The third-order valence-electron chi connectivity index (χ3n) is 2.63. The molecule has 2 aromatic heterocycles. The average molecular weight is 298 g/mol. The van der Waals surface area contributed by atoms with Crippen LogP contribution in [0.2, 0.25) is 0 Å². The Morgan fingerprint density at radius 2 is 1.74 bits per heavy atom. The van der Waals surface area contributed by atoms with Gasteiger partial charge in [0.1, 0.15) is 11.5 Å². The fourth-order valence-electron chi connectivity index (χ4n) is 1.80. The van der Waals surface area contributed by atoms with Gasteiger partial charge in [0.05, 0.1) is 12.5 Å². The van der Waals surface area contributed by atoms with E-state index in [-0.39, 0.29) is 71.2 Å². The third kappa shape index (κ3) is 6.94. The third-order valence-corrected chi connectivity index (χ3v) is 3.37. The molecule has 2 aromatic rings. The van der Waals surface area contributed by atoms with Crippen molar-refractivity contribution in [1.82, 2.24) is 0 Å². The van der Waals surface area contributed by atoms with Crippen LogP contribution in [0.5, 0.6) is 0 Å². The minimum absolute atomic E-state index is 0. The zero-order chi connectivity index (χ0) is 12.1. The molecule has 7 heteroatoms. The van der Waals surface area contributed by atoms with E-state index in [9.17, 15) is 9.79 Å². The van der Waals surface area contributed by atoms with Crippen molar-refractivity contribution in [1.29, 1.82) is 0 Å². The van der Waals surface area contributed by atoms with Gasteiger partial charge < -0.3 is 27.0 Å². The van der Waals surface area contributed by atoms with E-state index in [0.717, 1.165) is 11.5 Å². The van der Waals surface area contributed by atoms with Crippen LogP contribution in [0, 0.1) is 0 Å². The second-order valence-corrected chi connectivity index (χ2v) is 4.88. The van der Waals surface area contributed by atoms with Gasteiger partial charge in [0, 0.05) is 12.3 Å². The van der Waals surface area contributed by atoms with E-state index in [1.54, 1.807) is 18.6 Å². The van der Waals surface area contributed by atoms with Crippen LogP contribution in [-0.2, 0) is 6.42 Å². The number of hydrogen-bond acceptors (Lipinski definition) is 4. The van der Waals surface area contributed by atoms with Gasteiger partial charge in [-0.1, -0.05) is 6.16 Å². The van der Waals surface area contributed by atoms with Crippen molar-refractivity contribution in [3.63, 3.8) is 0 Å². The van der Waals surface area contributed by atoms with Crippen LogP contribution in [0.4, 0.5) is 0 Å². The molecule has 1 unspecified atom stereocenters. The van der Waals surface area contributed by atoms with Crippen LogP contribution in [0.3, 0.4) is 0 Å². The largest absolute Gasteiger partial charge is 1.00 e. The second-order valence-electron chi connectivity index (χ2n) is 3.85. The summed E-state index contributed by atoms with van der Waals surface area (Å²) in [6.07, 6.45) is 4.70. The van der Waals surface area contributed by atoms with Crippen molar-refractivity contribution in [3.05, 3.63) is 48.3 Å². The summed E-state index contributed by atoms with van der Waals surface area (Å²) >= 11 is 0. The fraction of sp³-hybridized carbons (Fsp3) is 0.333. The number of hydrogen-bond donors (Lipinski definition) is 0. The Hall–Kier alpha value is 0.910. The SMILES string of the molecule is [Na+].[Na+].[O-]P([O-])CC(CCc1ccco1)c1ccco1. The topological polar surface area (TPSA) is 72.4 Å². The Kier molecular flexibility index (Phi) is 11.1. The molecule has 1 atom stereocenters. The van der Waals surface area contributed by atoms with Crippen molar-refractivity contribution in [2.75, 3.05) is 6.16 Å². The monoisotopic (exact) mass is 298 g/mol. The molecule has 0 aliphatic carbocycles. The number of aryl methyl sites for hydroxylation is 1. The van der Waals surface area contributed by atoms with Crippen LogP contribution >= 0.6 is 8.38 Å². The Balaban J connectivity index is 0.00000162. The van der Waals surface area contributed by atoms with E-state index in [2.05, 4.69) is 0 Å². The molecule has 0 radical (unpaired) electrons. The zero-order valence-electron chi connectivity index (χ0n) is 11.2. The molecule has 0 N–H and O–H groups in total. The first-order chi connectivity index (χ1) is 8.25. The Morgan fingerprint density at radius 3 is 2.26 bits per heavy atom. The van der Waals surface area contributed by atoms with Crippen LogP contribution < -0.4 is 68.9 Å². The first kappa shape index (κ1) is 19.9. The Bertz CT molecular complexity index is 417. The molecule has 0 spiro atoms. The quantitative estimate of drug-likeness (QED) is 0.399. The Labute approximate surface area is 158 Å². The van der Waals surface area contributed by atoms with Crippen molar-refractivity contribution in [2.45, 2.75) is 18.8 Å². The van der Waals surface area contributed by atoms with Gasteiger partial charge in [-0.15, -0.1) is 0 Å². The predicted molar refractivity (Wildman–Crippen MR) is 60.3 cm³/mol. The second kappa shape index (κ2) is 10.6. The summed E-state index contributed by atoms with van der Waals surface area (Å²) in [5.41, 5.74) is 0. The zero-order valence-corrected chi connectivity index (χ0v) is 16.1. The van der Waals surface area contributed by atoms with Crippen LogP contribution in [0.15, 0.2) is 45.6 Å². The van der Waals surface area contributed by atoms with Crippen LogP contribution in [-0.4, -0.2) is 6.16 Å². The molecule has 0 bridgehead atoms. The van der Waals surface area contributed by atoms with E-state index in [0.29, 0.717) is 12.8 Å². The molecular formula is C12H13Na2O4P. The van der Waals surface area contributed by atoms with Crippen molar-refractivity contribution >= 4 is 8.38 Å². The number of furan rings is 2. The summed E-state index contributed by atoms with van der Waals surface area (Å²) < 4.78 is 10.5. The maximum Gasteiger partial charge on any atom is 1.00 e. The maximum atomic E-state index is 10.8. The minimum Gasteiger partial charge on any atom is -0.842 e. The fourth-order valence-corrected chi connectivity index (χ4v) is 2.52. The minimum atomic E-state index is -2.40. The van der Waals surface area contributed by atoms with Gasteiger partial charge in [-0.3, -0.25) is 0 Å². The molecular weight excluding hydrogens is 285 g/mol. The molecule has 92 valence electrons. The molecule has 2 heterocycles. The van der Waals surface area contributed by atoms with E-state index in [4.69, 9.17) is 8.83 Å². The molecule has 0 amide bonds. The Morgan fingerprint density at radius 1 is 1.05 bits per heavy atom. The van der Waals surface area contributed by atoms with Gasteiger partial charge in [0.2, 0.25) is 0 Å². The predicted octanol–water partition coefficient (Wildman–Crippen LogP) is -4.37. The first-order valence-corrected chi connectivity index (χ1v) is 6.79. The average Bonchev–Trinajstić information content (AvgIpc) is 2.96. The van der Waals surface area contributed by atoms with Gasteiger partial charge in [-0.25, -0.2) is 0 Å². The molecule has 0 saturated carbocycles. The summed E-state index contributed by atoms with van der Waals surface area (Å²) in [6.45, 7) is 0. The van der Waals surface area contributed by atoms with E-state index in [1.165, 1.54) is 0 Å². The summed E-state index contributed by atoms with van der Waals surface area (Å²) in [4.78, 5) is 21.7. The van der Waals surface area contributed by atoms with Gasteiger partial charge in [0.25, 0.3) is 0 Å². The molecule has 19 heavy (non-hydrogen) atoms. The van der Waals surface area contributed by atoms with Crippen molar-refractivity contribution in [2.24, 2.45) is 0 Å². The molecule has 4 nitrogen and oxygen atoms in total. The molecule has 0 fully saturated rings. The van der Waals surface area contributed by atoms with Gasteiger partial charge in [-0.2, -0.15) is 0 Å². The molecule has 0 aliphatic heterocycles. The molecule has 2 rings (SSSR count). The van der Waals surface area contributed by atoms with E-state index < -0.39 is 8.38 Å². The maximum absolute atomic E-state index is 10.8. The summed E-state index contributed by atoms with van der Waals surface area (Å²) in [5, 5.41) is 0. The van der Waals surface area contributed by atoms with Crippen LogP contribution in [0.1, 0.15) is 23.9 Å². The van der Waals surface area contributed by atoms with Gasteiger partial charge >= 0.3 is 59.1 Å². The summed E-state index contributed by atoms with van der Waals surface area (Å²) in [5.74, 6) is 1.48. The smallest absolute Gasteiger partial charge is 0.842 e. The van der Waals surface area contributed by atoms with E-state index >= 15 is 0 Å². The molecule has 0 saturated heterocycles. The van der Waals surface area contributed by atoms with Crippen molar-refractivity contribution < 1.29 is 77.7 Å². The van der Waals surface area contributed by atoms with Crippen molar-refractivity contribution in [3.8, 4) is 0 Å². The van der Waals surface area contributed by atoms with Gasteiger partial charge in [0.15, 0.2) is 0 Å².